The van der Waals surface area contributed by atoms with Crippen LogP contribution in [0.2, 0.25) is 10.0 Å². The summed E-state index contributed by atoms with van der Waals surface area (Å²) in [6, 6.07) is 10.2. The minimum absolute atomic E-state index is 0.0741. The van der Waals surface area contributed by atoms with E-state index in [0.29, 0.717) is 10.7 Å². The van der Waals surface area contributed by atoms with Crippen molar-refractivity contribution in [3.8, 4) is 11.5 Å². The highest BCUT2D eigenvalue weighted by molar-refractivity contribution is 6.32. The second-order valence-corrected chi connectivity index (χ2v) is 6.14. The quantitative estimate of drug-likeness (QED) is 0.627. The summed E-state index contributed by atoms with van der Waals surface area (Å²) in [6.45, 7) is 7.05. The number of aromatic nitrogens is 2. The Morgan fingerprint density at radius 3 is 2.69 bits per heavy atom. The molecule has 0 atom stereocenters. The fraction of sp³-hybridized carbons (Fsp3) is 0.0556. The highest BCUT2D eigenvalue weighted by Gasteiger charge is 2.16. The van der Waals surface area contributed by atoms with Crippen molar-refractivity contribution in [2.45, 2.75) is 6.42 Å². The first-order chi connectivity index (χ1) is 12.5. The standard InChI is InChI=1S/C18H10Cl2FN3O2/c1-22-13-7-11(19)8-14(9-13)26-18-15(20)4-2-10(17(18)21)6-12-3-5-16(25)24-23-12/h2-5,7-9H,6H2,(H,24,25). The van der Waals surface area contributed by atoms with Gasteiger partial charge in [-0.2, -0.15) is 5.10 Å². The lowest BCUT2D eigenvalue weighted by molar-refractivity contribution is 0.439. The molecule has 0 aliphatic rings. The lowest BCUT2D eigenvalue weighted by Gasteiger charge is -2.12. The first kappa shape index (κ1) is 17.9. The first-order valence-electron chi connectivity index (χ1n) is 7.33. The Morgan fingerprint density at radius 1 is 1.19 bits per heavy atom. The number of halogens is 3. The second kappa shape index (κ2) is 7.56. The normalized spacial score (nSPS) is 10.4. The van der Waals surface area contributed by atoms with E-state index < -0.39 is 5.82 Å². The Bertz CT molecular complexity index is 1060. The van der Waals surface area contributed by atoms with Gasteiger partial charge in [-0.25, -0.2) is 14.3 Å². The molecule has 1 heterocycles. The summed E-state index contributed by atoms with van der Waals surface area (Å²) >= 11 is 12.0. The summed E-state index contributed by atoms with van der Waals surface area (Å²) < 4.78 is 20.4. The van der Waals surface area contributed by atoms with Crippen LogP contribution in [0.3, 0.4) is 0 Å². The smallest absolute Gasteiger partial charge is 0.264 e. The third kappa shape index (κ3) is 4.02. The zero-order valence-corrected chi connectivity index (χ0v) is 14.6. The van der Waals surface area contributed by atoms with E-state index in [9.17, 15) is 9.18 Å². The van der Waals surface area contributed by atoms with E-state index in [4.69, 9.17) is 34.5 Å². The average Bonchev–Trinajstić information content (AvgIpc) is 2.62. The Hall–Kier alpha value is -2.88. The number of nitrogens with one attached hydrogen (secondary N) is 1. The van der Waals surface area contributed by atoms with Gasteiger partial charge < -0.3 is 4.74 Å². The van der Waals surface area contributed by atoms with E-state index in [2.05, 4.69) is 15.0 Å². The van der Waals surface area contributed by atoms with E-state index in [-0.39, 0.29) is 39.8 Å². The second-order valence-electron chi connectivity index (χ2n) is 5.30. The molecule has 0 aliphatic heterocycles. The van der Waals surface area contributed by atoms with Crippen LogP contribution in [0.15, 0.2) is 47.3 Å². The molecule has 1 N–H and O–H groups in total. The topological polar surface area (TPSA) is 59.3 Å². The Kier molecular flexibility index (Phi) is 5.21. The first-order valence-corrected chi connectivity index (χ1v) is 8.09. The van der Waals surface area contributed by atoms with Crippen molar-refractivity contribution in [3.63, 3.8) is 0 Å². The van der Waals surface area contributed by atoms with Crippen LogP contribution in [0.1, 0.15) is 11.3 Å². The summed E-state index contributed by atoms with van der Waals surface area (Å²) in [5, 5.41) is 6.52. The zero-order valence-electron chi connectivity index (χ0n) is 13.1. The molecule has 0 spiro atoms. The van der Waals surface area contributed by atoms with E-state index in [1.807, 2.05) is 0 Å². The monoisotopic (exact) mass is 389 g/mol. The third-order valence-electron chi connectivity index (χ3n) is 3.44. The molecule has 0 saturated heterocycles. The molecule has 5 nitrogen and oxygen atoms in total. The van der Waals surface area contributed by atoms with Crippen LogP contribution >= 0.6 is 23.2 Å². The number of hydrogen-bond acceptors (Lipinski definition) is 3. The predicted molar refractivity (Wildman–Crippen MR) is 96.9 cm³/mol. The Labute approximate surface area is 157 Å². The largest absolute Gasteiger partial charge is 0.454 e. The van der Waals surface area contributed by atoms with Gasteiger partial charge in [0, 0.05) is 17.5 Å². The zero-order chi connectivity index (χ0) is 18.7. The van der Waals surface area contributed by atoms with Crippen molar-refractivity contribution < 1.29 is 9.13 Å². The third-order valence-corrected chi connectivity index (χ3v) is 3.96. The molecule has 0 aliphatic carbocycles. The summed E-state index contributed by atoms with van der Waals surface area (Å²) in [4.78, 5) is 14.3. The van der Waals surface area contributed by atoms with Gasteiger partial charge in [0.25, 0.3) is 5.56 Å². The summed E-state index contributed by atoms with van der Waals surface area (Å²) in [7, 11) is 0. The van der Waals surface area contributed by atoms with Crippen molar-refractivity contribution in [1.82, 2.24) is 10.2 Å². The molecule has 0 amide bonds. The molecule has 0 fully saturated rings. The fourth-order valence-electron chi connectivity index (χ4n) is 2.26. The van der Waals surface area contributed by atoms with Gasteiger partial charge in [-0.15, -0.1) is 0 Å². The van der Waals surface area contributed by atoms with Gasteiger partial charge >= 0.3 is 0 Å². The molecular formula is C18H10Cl2FN3O2. The highest BCUT2D eigenvalue weighted by atomic mass is 35.5. The van der Waals surface area contributed by atoms with Crippen molar-refractivity contribution in [2.24, 2.45) is 0 Å². The van der Waals surface area contributed by atoms with Crippen LogP contribution in [0.5, 0.6) is 11.5 Å². The molecule has 0 unspecified atom stereocenters. The lowest BCUT2D eigenvalue weighted by atomic mass is 10.1. The highest BCUT2D eigenvalue weighted by Crippen LogP contribution is 2.36. The average molecular weight is 390 g/mol. The van der Waals surface area contributed by atoms with Crippen molar-refractivity contribution in [1.29, 1.82) is 0 Å². The van der Waals surface area contributed by atoms with E-state index in [1.54, 1.807) is 0 Å². The predicted octanol–water partition coefficient (Wildman–Crippen LogP) is 5.15. The molecular weight excluding hydrogens is 380 g/mol. The maximum Gasteiger partial charge on any atom is 0.264 e. The van der Waals surface area contributed by atoms with Gasteiger partial charge in [0.1, 0.15) is 5.75 Å². The molecule has 0 saturated carbocycles. The van der Waals surface area contributed by atoms with Crippen LogP contribution in [0.25, 0.3) is 4.85 Å². The van der Waals surface area contributed by atoms with Gasteiger partial charge in [-0.1, -0.05) is 29.3 Å². The van der Waals surface area contributed by atoms with Crippen LogP contribution in [-0.4, -0.2) is 10.2 Å². The minimum Gasteiger partial charge on any atom is -0.454 e. The molecule has 3 aromatic rings. The van der Waals surface area contributed by atoms with Crippen molar-refractivity contribution in [2.75, 3.05) is 0 Å². The summed E-state index contributed by atoms with van der Waals surface area (Å²) in [5.74, 6) is -0.634. The Morgan fingerprint density at radius 2 is 2.00 bits per heavy atom. The number of rotatable bonds is 4. The van der Waals surface area contributed by atoms with Gasteiger partial charge in [-0.05, 0) is 35.9 Å². The molecule has 3 rings (SSSR count). The van der Waals surface area contributed by atoms with Crippen LogP contribution in [0.4, 0.5) is 10.1 Å². The number of H-pyrrole nitrogens is 1. The SMILES string of the molecule is [C-]#[N+]c1cc(Cl)cc(Oc2c(Cl)ccc(Cc3ccc(=O)[nH]n3)c2F)c1. The van der Waals surface area contributed by atoms with E-state index in [1.165, 1.54) is 42.5 Å². The molecule has 8 heteroatoms. The number of hydrogen-bond donors (Lipinski definition) is 1. The lowest BCUT2D eigenvalue weighted by Crippen LogP contribution is -2.08. The molecule has 26 heavy (non-hydrogen) atoms. The van der Waals surface area contributed by atoms with Gasteiger partial charge in [0.2, 0.25) is 0 Å². The van der Waals surface area contributed by atoms with Gasteiger partial charge in [0.05, 0.1) is 17.3 Å². The molecule has 0 bridgehead atoms. The number of benzene rings is 2. The molecule has 0 radical (unpaired) electrons. The number of nitrogens with zero attached hydrogens (tertiary/aromatic N) is 2. The summed E-state index contributed by atoms with van der Waals surface area (Å²) in [5.41, 5.74) is 0.690. The molecule has 2 aromatic carbocycles. The van der Waals surface area contributed by atoms with Crippen molar-refractivity contribution in [3.05, 3.63) is 91.4 Å². The van der Waals surface area contributed by atoms with E-state index >= 15 is 0 Å². The number of ether oxygens (including phenoxy) is 1. The number of aromatic amines is 1. The summed E-state index contributed by atoms with van der Waals surface area (Å²) in [6.07, 6.45) is 0.138. The van der Waals surface area contributed by atoms with Gasteiger partial charge in [-0.3, -0.25) is 4.79 Å². The molecule has 1 aromatic heterocycles. The fourth-order valence-corrected chi connectivity index (χ4v) is 2.66. The Balaban J connectivity index is 1.95. The minimum atomic E-state index is -0.658. The van der Waals surface area contributed by atoms with Crippen molar-refractivity contribution >= 4 is 28.9 Å². The van der Waals surface area contributed by atoms with Crippen LogP contribution < -0.4 is 10.3 Å². The van der Waals surface area contributed by atoms with Crippen LogP contribution in [0, 0.1) is 12.4 Å². The maximum absolute atomic E-state index is 14.9. The maximum atomic E-state index is 14.9. The van der Waals surface area contributed by atoms with E-state index in [0.717, 1.165) is 0 Å². The van der Waals surface area contributed by atoms with Crippen LogP contribution in [-0.2, 0) is 6.42 Å². The van der Waals surface area contributed by atoms with Gasteiger partial charge in [0.15, 0.2) is 17.3 Å². The molecule has 130 valence electrons.